The highest BCUT2D eigenvalue weighted by atomic mass is 32.2. The van der Waals surface area contributed by atoms with Gasteiger partial charge in [-0.2, -0.15) is 22.6 Å². The molecule has 1 N–H and O–H groups in total. The van der Waals surface area contributed by atoms with E-state index in [2.05, 4.69) is 10.00 Å². The van der Waals surface area contributed by atoms with Gasteiger partial charge in [0, 0.05) is 31.9 Å². The number of ether oxygens (including phenoxy) is 1. The smallest absolute Gasteiger partial charge is 0.432 e. The molecule has 1 saturated heterocycles. The number of hydrogen-bond acceptors (Lipinski definition) is 6. The Labute approximate surface area is 181 Å². The summed E-state index contributed by atoms with van der Waals surface area (Å²) in [5.74, 6) is 0.748. The van der Waals surface area contributed by atoms with Crippen molar-refractivity contribution < 1.29 is 26.3 Å². The molecule has 4 rings (SSSR count). The summed E-state index contributed by atoms with van der Waals surface area (Å²) in [5.41, 5.74) is 0.0633. The highest BCUT2D eigenvalue weighted by Gasteiger charge is 2.34. The van der Waals surface area contributed by atoms with Crippen LogP contribution in [0.15, 0.2) is 46.7 Å². The molecule has 0 saturated carbocycles. The fourth-order valence-electron chi connectivity index (χ4n) is 3.30. The van der Waals surface area contributed by atoms with E-state index in [1.807, 2.05) is 29.4 Å². The van der Waals surface area contributed by atoms with Crippen LogP contribution in [0, 0.1) is 0 Å². The van der Waals surface area contributed by atoms with Crippen molar-refractivity contribution in [3.63, 3.8) is 0 Å². The third-order valence-electron chi connectivity index (χ3n) is 4.99. The van der Waals surface area contributed by atoms with Crippen LogP contribution in [0.4, 0.5) is 18.9 Å². The minimum atomic E-state index is -4.54. The highest BCUT2D eigenvalue weighted by Crippen LogP contribution is 2.35. The van der Waals surface area contributed by atoms with Crippen LogP contribution >= 0.6 is 11.3 Å². The first-order valence-corrected chi connectivity index (χ1v) is 11.6. The Morgan fingerprint density at radius 1 is 1.06 bits per heavy atom. The second-order valence-electron chi connectivity index (χ2n) is 6.87. The zero-order valence-electron chi connectivity index (χ0n) is 16.4. The molecule has 3 heterocycles. The van der Waals surface area contributed by atoms with Crippen molar-refractivity contribution in [2.45, 2.75) is 10.4 Å². The number of sulfonamides is 1. The zero-order chi connectivity index (χ0) is 22.2. The number of H-pyrrole nitrogens is 1. The fraction of sp³-hybridized carbons (Fsp3) is 0.316. The van der Waals surface area contributed by atoms with E-state index in [4.69, 9.17) is 4.74 Å². The summed E-state index contributed by atoms with van der Waals surface area (Å²) in [4.78, 5) is 2.44. The largest absolute Gasteiger partial charge is 0.497 e. The molecule has 0 spiro atoms. The van der Waals surface area contributed by atoms with Crippen molar-refractivity contribution in [2.24, 2.45) is 0 Å². The summed E-state index contributed by atoms with van der Waals surface area (Å²) in [6.07, 6.45) is -4.54. The summed E-state index contributed by atoms with van der Waals surface area (Å²) < 4.78 is 71.0. The van der Waals surface area contributed by atoms with Crippen molar-refractivity contribution in [3.8, 4) is 16.3 Å². The number of aromatic nitrogens is 2. The molecular formula is C19H19F3N4O3S2. The van der Waals surface area contributed by atoms with Gasteiger partial charge in [0.2, 0.25) is 0 Å². The molecule has 3 aromatic rings. The number of nitrogens with one attached hydrogen (secondary N) is 1. The van der Waals surface area contributed by atoms with E-state index in [0.29, 0.717) is 31.1 Å². The summed E-state index contributed by atoms with van der Waals surface area (Å²) in [7, 11) is -2.15. The normalized spacial score (nSPS) is 15.9. The number of nitrogens with zero attached hydrogens (tertiary/aromatic N) is 3. The minimum absolute atomic E-state index is 0.0584. The van der Waals surface area contributed by atoms with Crippen LogP contribution in [-0.4, -0.2) is 56.2 Å². The predicted molar refractivity (Wildman–Crippen MR) is 111 cm³/mol. The number of aromatic amines is 1. The van der Waals surface area contributed by atoms with Crippen LogP contribution < -0.4 is 9.64 Å². The molecule has 1 aliphatic rings. The average molecular weight is 473 g/mol. The van der Waals surface area contributed by atoms with Crippen molar-refractivity contribution in [3.05, 3.63) is 48.2 Å². The maximum atomic E-state index is 13.0. The second-order valence-corrected chi connectivity index (χ2v) is 10.1. The predicted octanol–water partition coefficient (Wildman–Crippen LogP) is 3.68. The standard InChI is InChI=1S/C19H19F3N4O3S2/c1-29-14-4-2-13(3-5-14)25-8-10-26(11-9-25)31(27,28)18-7-6-16(30-18)15-12-17(24-23-15)19(20,21)22/h2-7,12H,8-11H2,1H3,(H,23,24). The molecule has 0 atom stereocenters. The number of halogens is 3. The summed E-state index contributed by atoms with van der Waals surface area (Å²) >= 11 is 0.905. The zero-order valence-corrected chi connectivity index (χ0v) is 18.0. The monoisotopic (exact) mass is 472 g/mol. The van der Waals surface area contributed by atoms with E-state index in [1.54, 1.807) is 7.11 Å². The van der Waals surface area contributed by atoms with E-state index in [-0.39, 0.29) is 9.90 Å². The van der Waals surface area contributed by atoms with Crippen LogP contribution in [-0.2, 0) is 16.2 Å². The van der Waals surface area contributed by atoms with Crippen molar-refractivity contribution in [1.82, 2.24) is 14.5 Å². The van der Waals surface area contributed by atoms with Gasteiger partial charge in [0.1, 0.15) is 21.3 Å². The maximum Gasteiger partial charge on any atom is 0.432 e. The topological polar surface area (TPSA) is 78.5 Å². The molecule has 7 nitrogen and oxygen atoms in total. The lowest BCUT2D eigenvalue weighted by Gasteiger charge is -2.35. The molecule has 12 heteroatoms. The lowest BCUT2D eigenvalue weighted by molar-refractivity contribution is -0.141. The maximum absolute atomic E-state index is 13.0. The number of thiophene rings is 1. The summed E-state index contributed by atoms with van der Waals surface area (Å²) in [5, 5.41) is 5.60. The Morgan fingerprint density at radius 2 is 1.74 bits per heavy atom. The van der Waals surface area contributed by atoms with Crippen LogP contribution in [0.3, 0.4) is 0 Å². The Morgan fingerprint density at radius 3 is 2.32 bits per heavy atom. The van der Waals surface area contributed by atoms with Crippen LogP contribution in [0.25, 0.3) is 10.6 Å². The van der Waals surface area contributed by atoms with Gasteiger partial charge in [0.25, 0.3) is 10.0 Å². The number of hydrogen-bond donors (Lipinski definition) is 1. The molecule has 2 aromatic heterocycles. The molecule has 1 aromatic carbocycles. The molecular weight excluding hydrogens is 453 g/mol. The van der Waals surface area contributed by atoms with Gasteiger partial charge in [-0.3, -0.25) is 5.10 Å². The third-order valence-corrected chi connectivity index (χ3v) is 8.46. The first-order valence-electron chi connectivity index (χ1n) is 9.30. The van der Waals surface area contributed by atoms with Gasteiger partial charge in [-0.25, -0.2) is 8.42 Å². The van der Waals surface area contributed by atoms with Crippen LogP contribution in [0.1, 0.15) is 5.69 Å². The molecule has 0 amide bonds. The Balaban J connectivity index is 1.45. The van der Waals surface area contributed by atoms with Gasteiger partial charge >= 0.3 is 6.18 Å². The van der Waals surface area contributed by atoms with E-state index < -0.39 is 21.9 Å². The number of rotatable bonds is 5. The number of benzene rings is 1. The molecule has 0 unspecified atom stereocenters. The van der Waals surface area contributed by atoms with Gasteiger partial charge in [-0.15, -0.1) is 11.3 Å². The van der Waals surface area contributed by atoms with E-state index in [9.17, 15) is 21.6 Å². The molecule has 1 fully saturated rings. The van der Waals surface area contributed by atoms with E-state index in [1.165, 1.54) is 16.4 Å². The van der Waals surface area contributed by atoms with E-state index >= 15 is 0 Å². The fourth-order valence-corrected chi connectivity index (χ4v) is 6.14. The van der Waals surface area contributed by atoms with Crippen LogP contribution in [0.2, 0.25) is 0 Å². The van der Waals surface area contributed by atoms with Crippen molar-refractivity contribution in [1.29, 1.82) is 0 Å². The van der Waals surface area contributed by atoms with Crippen molar-refractivity contribution in [2.75, 3.05) is 38.2 Å². The van der Waals surface area contributed by atoms with Gasteiger partial charge in [0.05, 0.1) is 12.0 Å². The summed E-state index contributed by atoms with van der Waals surface area (Å²) in [6, 6.07) is 11.3. The number of alkyl halides is 3. The van der Waals surface area contributed by atoms with Gasteiger partial charge < -0.3 is 9.64 Å². The quantitative estimate of drug-likeness (QED) is 0.613. The number of piperazine rings is 1. The highest BCUT2D eigenvalue weighted by molar-refractivity contribution is 7.91. The second kappa shape index (κ2) is 8.17. The average Bonchev–Trinajstić information content (AvgIpc) is 3.44. The summed E-state index contributed by atoms with van der Waals surface area (Å²) in [6.45, 7) is 1.67. The van der Waals surface area contributed by atoms with Gasteiger partial charge in [-0.05, 0) is 42.5 Å². The molecule has 0 bridgehead atoms. The minimum Gasteiger partial charge on any atom is -0.497 e. The first kappa shape index (κ1) is 21.7. The number of anilines is 1. The third kappa shape index (κ3) is 4.41. The molecule has 166 valence electrons. The Hall–Kier alpha value is -2.57. The van der Waals surface area contributed by atoms with Gasteiger partial charge in [0.15, 0.2) is 0 Å². The molecule has 1 aliphatic heterocycles. The first-order chi connectivity index (χ1) is 14.7. The lowest BCUT2D eigenvalue weighted by Crippen LogP contribution is -2.48. The lowest BCUT2D eigenvalue weighted by atomic mass is 10.2. The molecule has 31 heavy (non-hydrogen) atoms. The molecule has 0 aliphatic carbocycles. The van der Waals surface area contributed by atoms with Crippen molar-refractivity contribution >= 4 is 27.0 Å². The van der Waals surface area contributed by atoms with Crippen LogP contribution in [0.5, 0.6) is 5.75 Å². The Kier molecular flexibility index (Phi) is 5.71. The van der Waals surface area contributed by atoms with Gasteiger partial charge in [-0.1, -0.05) is 0 Å². The SMILES string of the molecule is COc1ccc(N2CCN(S(=O)(=O)c3ccc(-c4cc(C(F)(F)F)[nH]n4)s3)CC2)cc1. The molecule has 0 radical (unpaired) electrons. The Bertz CT molecular complexity index is 1150. The van der Waals surface area contributed by atoms with E-state index in [0.717, 1.165) is 28.8 Å². The number of methoxy groups -OCH3 is 1.